The van der Waals surface area contributed by atoms with Crippen LogP contribution in [0.25, 0.3) is 0 Å². The van der Waals surface area contributed by atoms with Gasteiger partial charge < -0.3 is 10.0 Å². The number of hydrogen-bond donors (Lipinski definition) is 1. The second-order valence-electron chi connectivity index (χ2n) is 4.69. The maximum atomic E-state index is 11.8. The zero-order valence-electron chi connectivity index (χ0n) is 10.6. The number of aliphatic hydroxyl groups excluding tert-OH is 1. The first-order valence-corrected chi connectivity index (χ1v) is 7.29. The lowest BCUT2D eigenvalue weighted by atomic mass is 10.2. The molecule has 98 valence electrons. The van der Waals surface area contributed by atoms with Gasteiger partial charge in [0.15, 0.2) is 0 Å². The van der Waals surface area contributed by atoms with Crippen LogP contribution in [0.5, 0.6) is 0 Å². The number of rotatable bonds is 4. The predicted molar refractivity (Wildman–Crippen MR) is 73.7 cm³/mol. The van der Waals surface area contributed by atoms with E-state index in [-0.39, 0.29) is 12.0 Å². The van der Waals surface area contributed by atoms with E-state index in [1.165, 1.54) is 10.5 Å². The maximum absolute atomic E-state index is 11.8. The van der Waals surface area contributed by atoms with E-state index >= 15 is 0 Å². The van der Waals surface area contributed by atoms with Gasteiger partial charge in [-0.05, 0) is 25.5 Å². The van der Waals surface area contributed by atoms with Crippen molar-refractivity contribution in [2.45, 2.75) is 30.8 Å². The van der Waals surface area contributed by atoms with Crippen LogP contribution in [0, 0.1) is 6.92 Å². The van der Waals surface area contributed by atoms with Crippen LogP contribution in [-0.4, -0.2) is 40.9 Å². The molecule has 1 aliphatic heterocycles. The third-order valence-electron chi connectivity index (χ3n) is 3.12. The van der Waals surface area contributed by atoms with Crippen LogP contribution in [0.15, 0.2) is 29.2 Å². The first-order chi connectivity index (χ1) is 8.65. The first-order valence-electron chi connectivity index (χ1n) is 6.30. The van der Waals surface area contributed by atoms with Gasteiger partial charge in [-0.25, -0.2) is 0 Å². The van der Waals surface area contributed by atoms with Gasteiger partial charge >= 0.3 is 0 Å². The Balaban J connectivity index is 1.72. The van der Waals surface area contributed by atoms with Crippen molar-refractivity contribution in [2.75, 3.05) is 18.8 Å². The van der Waals surface area contributed by atoms with E-state index in [9.17, 15) is 9.90 Å². The molecule has 1 fully saturated rings. The molecule has 0 spiro atoms. The molecule has 1 atom stereocenters. The number of aliphatic hydroxyl groups is 1. The largest absolute Gasteiger partial charge is 0.391 e. The van der Waals surface area contributed by atoms with Crippen LogP contribution in [0.3, 0.4) is 0 Å². The zero-order chi connectivity index (χ0) is 13.0. The summed E-state index contributed by atoms with van der Waals surface area (Å²) in [6, 6.07) is 8.34. The van der Waals surface area contributed by atoms with Crippen LogP contribution in [0.1, 0.15) is 18.4 Å². The highest BCUT2D eigenvalue weighted by Crippen LogP contribution is 2.20. The standard InChI is InChI=1S/C14H19NO2S/c1-11-2-4-13(5-3-11)18-9-7-14(17)15-8-6-12(16)10-15/h2-5,12,16H,6-10H2,1H3/t12-/m0/s1. The molecule has 2 rings (SSSR count). The highest BCUT2D eigenvalue weighted by Gasteiger charge is 2.23. The smallest absolute Gasteiger partial charge is 0.223 e. The summed E-state index contributed by atoms with van der Waals surface area (Å²) in [5.74, 6) is 0.959. The summed E-state index contributed by atoms with van der Waals surface area (Å²) in [6.07, 6.45) is 0.945. The van der Waals surface area contributed by atoms with Gasteiger partial charge in [0, 0.05) is 30.2 Å². The number of carbonyl (C=O) groups is 1. The van der Waals surface area contributed by atoms with Crippen molar-refractivity contribution < 1.29 is 9.90 Å². The third kappa shape index (κ3) is 3.75. The molecular weight excluding hydrogens is 246 g/mol. The van der Waals surface area contributed by atoms with Crippen molar-refractivity contribution in [1.29, 1.82) is 0 Å². The number of likely N-dealkylation sites (tertiary alicyclic amines) is 1. The maximum Gasteiger partial charge on any atom is 0.223 e. The van der Waals surface area contributed by atoms with E-state index in [4.69, 9.17) is 0 Å². The van der Waals surface area contributed by atoms with E-state index in [1.807, 2.05) is 0 Å². The van der Waals surface area contributed by atoms with Crippen molar-refractivity contribution in [2.24, 2.45) is 0 Å². The van der Waals surface area contributed by atoms with E-state index in [1.54, 1.807) is 16.7 Å². The number of β-amino-alcohol motifs (C(OH)–C–C–N with tert-alkyl or cyclic N) is 1. The van der Waals surface area contributed by atoms with Gasteiger partial charge in [-0.1, -0.05) is 17.7 Å². The summed E-state index contributed by atoms with van der Waals surface area (Å²) in [5.41, 5.74) is 1.25. The molecule has 1 aromatic carbocycles. The fraction of sp³-hybridized carbons (Fsp3) is 0.500. The molecule has 1 heterocycles. The Hall–Kier alpha value is -1.00. The highest BCUT2D eigenvalue weighted by molar-refractivity contribution is 7.99. The van der Waals surface area contributed by atoms with Gasteiger partial charge in [0.05, 0.1) is 6.10 Å². The second kappa shape index (κ2) is 6.25. The highest BCUT2D eigenvalue weighted by atomic mass is 32.2. The van der Waals surface area contributed by atoms with E-state index in [2.05, 4.69) is 31.2 Å². The summed E-state index contributed by atoms with van der Waals surface area (Å²) in [4.78, 5) is 14.8. The number of aryl methyl sites for hydroxylation is 1. The molecule has 0 aliphatic carbocycles. The zero-order valence-corrected chi connectivity index (χ0v) is 11.4. The first kappa shape index (κ1) is 13.4. The van der Waals surface area contributed by atoms with E-state index < -0.39 is 0 Å². The molecular formula is C14H19NO2S. The van der Waals surface area contributed by atoms with Gasteiger partial charge in [-0.15, -0.1) is 11.8 Å². The number of amides is 1. The molecule has 0 bridgehead atoms. The Bertz CT molecular complexity index is 405. The van der Waals surface area contributed by atoms with Crippen molar-refractivity contribution in [1.82, 2.24) is 4.90 Å². The fourth-order valence-corrected chi connectivity index (χ4v) is 2.86. The van der Waals surface area contributed by atoms with Gasteiger partial charge in [-0.2, -0.15) is 0 Å². The number of benzene rings is 1. The Morgan fingerprint density at radius 1 is 1.44 bits per heavy atom. The van der Waals surface area contributed by atoms with Crippen molar-refractivity contribution in [3.63, 3.8) is 0 Å². The normalized spacial score (nSPS) is 19.2. The minimum atomic E-state index is -0.321. The molecule has 4 heteroatoms. The van der Waals surface area contributed by atoms with Crippen molar-refractivity contribution >= 4 is 17.7 Å². The molecule has 0 unspecified atom stereocenters. The van der Waals surface area contributed by atoms with Gasteiger partial charge in [0.25, 0.3) is 0 Å². The molecule has 0 aromatic heterocycles. The third-order valence-corrected chi connectivity index (χ3v) is 4.14. The van der Waals surface area contributed by atoms with Crippen LogP contribution in [0.2, 0.25) is 0 Å². The van der Waals surface area contributed by atoms with Crippen LogP contribution in [0.4, 0.5) is 0 Å². The average molecular weight is 265 g/mol. The minimum absolute atomic E-state index is 0.158. The Labute approximate surface area is 112 Å². The second-order valence-corrected chi connectivity index (χ2v) is 5.86. The van der Waals surface area contributed by atoms with Crippen LogP contribution < -0.4 is 0 Å². The quantitative estimate of drug-likeness (QED) is 0.847. The predicted octanol–water partition coefficient (Wildman–Crippen LogP) is 2.07. The van der Waals surface area contributed by atoms with Crippen LogP contribution >= 0.6 is 11.8 Å². The molecule has 18 heavy (non-hydrogen) atoms. The molecule has 1 amide bonds. The molecule has 1 aromatic rings. The molecule has 3 nitrogen and oxygen atoms in total. The van der Waals surface area contributed by atoms with Gasteiger partial charge in [-0.3, -0.25) is 4.79 Å². The topological polar surface area (TPSA) is 40.5 Å². The van der Waals surface area contributed by atoms with E-state index in [0.29, 0.717) is 19.5 Å². The van der Waals surface area contributed by atoms with Gasteiger partial charge in [0.1, 0.15) is 0 Å². The summed E-state index contributed by atoms with van der Waals surface area (Å²) < 4.78 is 0. The number of carbonyl (C=O) groups excluding carboxylic acids is 1. The van der Waals surface area contributed by atoms with Gasteiger partial charge in [0.2, 0.25) is 5.91 Å². The van der Waals surface area contributed by atoms with E-state index in [0.717, 1.165) is 12.2 Å². The summed E-state index contributed by atoms with van der Waals surface area (Å²) in [6.45, 7) is 3.28. The SMILES string of the molecule is Cc1ccc(SCCC(=O)N2CC[C@H](O)C2)cc1. The average Bonchev–Trinajstić information content (AvgIpc) is 2.78. The lowest BCUT2D eigenvalue weighted by Crippen LogP contribution is -2.29. The number of nitrogens with zero attached hydrogens (tertiary/aromatic N) is 1. The minimum Gasteiger partial charge on any atom is -0.391 e. The summed E-state index contributed by atoms with van der Waals surface area (Å²) in [5, 5.41) is 9.38. The molecule has 1 saturated heterocycles. The molecule has 0 saturated carbocycles. The summed E-state index contributed by atoms with van der Waals surface area (Å²) >= 11 is 1.71. The number of hydrogen-bond acceptors (Lipinski definition) is 3. The van der Waals surface area contributed by atoms with Crippen LogP contribution in [-0.2, 0) is 4.79 Å². The van der Waals surface area contributed by atoms with Crippen molar-refractivity contribution in [3.8, 4) is 0 Å². The molecule has 1 N–H and O–H groups in total. The Morgan fingerprint density at radius 2 is 2.17 bits per heavy atom. The molecule has 0 radical (unpaired) electrons. The Kier molecular flexibility index (Phi) is 4.66. The molecule has 1 aliphatic rings. The monoisotopic (exact) mass is 265 g/mol. The fourth-order valence-electron chi connectivity index (χ4n) is 2.02. The summed E-state index contributed by atoms with van der Waals surface area (Å²) in [7, 11) is 0. The lowest BCUT2D eigenvalue weighted by Gasteiger charge is -2.15. The number of thioether (sulfide) groups is 1. The lowest BCUT2D eigenvalue weighted by molar-refractivity contribution is -0.130. The van der Waals surface area contributed by atoms with Crippen molar-refractivity contribution in [3.05, 3.63) is 29.8 Å². The Morgan fingerprint density at radius 3 is 2.78 bits per heavy atom.